The SMILES string of the molecule is CC(C)(O/N=C(\C(=O)NC1C(=O)N2C(C(=O)O)=C(C[N+](C)(C)CCc3ccc(O)c(O)c3)CSC12)c1csc(N)n1)C(=O)O. The number of oxime groups is 1. The summed E-state index contributed by atoms with van der Waals surface area (Å²) < 4.78 is 0.379. The third kappa shape index (κ3) is 6.89. The lowest BCUT2D eigenvalue weighted by Gasteiger charge is -2.49. The van der Waals surface area contributed by atoms with Gasteiger partial charge in [-0.3, -0.25) is 14.5 Å². The number of nitrogens with two attached hydrogens (primary N) is 1. The van der Waals surface area contributed by atoms with E-state index in [-0.39, 0.29) is 28.0 Å². The highest BCUT2D eigenvalue weighted by atomic mass is 32.2. The molecule has 1 saturated heterocycles. The number of aromatic hydroxyl groups is 2. The highest BCUT2D eigenvalue weighted by molar-refractivity contribution is 8.00. The number of benzene rings is 1. The van der Waals surface area contributed by atoms with Crippen molar-refractivity contribution in [3.05, 3.63) is 46.1 Å². The Labute approximate surface area is 260 Å². The van der Waals surface area contributed by atoms with Crippen molar-refractivity contribution in [2.24, 2.45) is 5.16 Å². The van der Waals surface area contributed by atoms with E-state index in [0.717, 1.165) is 21.8 Å². The van der Waals surface area contributed by atoms with Crippen LogP contribution in [0.25, 0.3) is 0 Å². The number of rotatable bonds is 12. The molecule has 1 aromatic heterocycles. The standard InChI is InChI=1S/C27H32N6O9S2/c1-27(2,25(40)41)42-31-18(15-12-44-26(28)29-15)21(36)30-19-22(37)32-20(24(38)39)14(11-43-23(19)32)10-33(3,4)8-7-13-5-6-16(34)17(35)9-13/h5-6,9,12,19,23H,7-8,10-11H2,1-4H3,(H6-,28,29,30,31,34,35,36,38,39,40,41)/p+1. The van der Waals surface area contributed by atoms with Crippen molar-refractivity contribution >= 4 is 57.7 Å². The van der Waals surface area contributed by atoms with E-state index in [1.807, 2.05) is 14.1 Å². The van der Waals surface area contributed by atoms with E-state index >= 15 is 0 Å². The zero-order chi connectivity index (χ0) is 32.6. The van der Waals surface area contributed by atoms with Crippen molar-refractivity contribution in [2.75, 3.05) is 38.7 Å². The summed E-state index contributed by atoms with van der Waals surface area (Å²) in [5.41, 5.74) is 4.77. The summed E-state index contributed by atoms with van der Waals surface area (Å²) in [6.07, 6.45) is 0.547. The maximum absolute atomic E-state index is 13.3. The number of carbonyl (C=O) groups excluding carboxylic acids is 2. The van der Waals surface area contributed by atoms with Crippen LogP contribution in [0.15, 0.2) is 40.0 Å². The summed E-state index contributed by atoms with van der Waals surface area (Å²) in [6.45, 7) is 3.38. The van der Waals surface area contributed by atoms with Crippen LogP contribution in [-0.2, 0) is 30.4 Å². The molecule has 0 radical (unpaired) electrons. The van der Waals surface area contributed by atoms with Crippen LogP contribution in [0.5, 0.6) is 11.5 Å². The second kappa shape index (κ2) is 12.3. The Bertz CT molecular complexity index is 1570. The van der Waals surface area contributed by atoms with Crippen LogP contribution in [0.4, 0.5) is 5.13 Å². The van der Waals surface area contributed by atoms with Crippen molar-refractivity contribution in [2.45, 2.75) is 37.3 Å². The van der Waals surface area contributed by atoms with E-state index in [9.17, 15) is 39.6 Å². The van der Waals surface area contributed by atoms with E-state index < -0.39 is 46.5 Å². The maximum atomic E-state index is 13.3. The molecular formula is C27H33N6O9S2+. The first kappa shape index (κ1) is 32.6. The lowest BCUT2D eigenvalue weighted by atomic mass is 10.0. The van der Waals surface area contributed by atoms with E-state index in [1.165, 1.54) is 43.1 Å². The minimum absolute atomic E-state index is 0.0158. The average Bonchev–Trinajstić information content (AvgIpc) is 3.37. The van der Waals surface area contributed by atoms with Crippen LogP contribution in [0.2, 0.25) is 0 Å². The number of nitrogens with zero attached hydrogens (tertiary/aromatic N) is 4. The largest absolute Gasteiger partial charge is 0.504 e. The van der Waals surface area contributed by atoms with Gasteiger partial charge in [-0.1, -0.05) is 11.2 Å². The molecule has 0 spiro atoms. The second-order valence-corrected chi connectivity index (χ2v) is 13.4. The number of carboxylic acids is 2. The number of aromatic nitrogens is 1. The number of likely N-dealkylation sites (N-methyl/N-ethyl adjacent to an activating group) is 1. The van der Waals surface area contributed by atoms with Gasteiger partial charge in [0.05, 0.1) is 20.6 Å². The number of aliphatic carboxylic acids is 2. The zero-order valence-corrected chi connectivity index (χ0v) is 25.9. The van der Waals surface area contributed by atoms with E-state index in [1.54, 1.807) is 6.07 Å². The number of thiazole rings is 1. The molecule has 2 atom stereocenters. The number of quaternary nitrogens is 1. The van der Waals surface area contributed by atoms with Crippen LogP contribution >= 0.6 is 23.1 Å². The summed E-state index contributed by atoms with van der Waals surface area (Å²) in [6, 6.07) is 3.50. The van der Waals surface area contributed by atoms with Gasteiger partial charge in [0.1, 0.15) is 29.4 Å². The highest BCUT2D eigenvalue weighted by Crippen LogP contribution is 2.41. The van der Waals surface area contributed by atoms with Gasteiger partial charge < -0.3 is 40.8 Å². The molecule has 1 fully saturated rings. The maximum Gasteiger partial charge on any atom is 0.352 e. The number of hydrogen-bond donors (Lipinski definition) is 6. The van der Waals surface area contributed by atoms with Gasteiger partial charge in [-0.2, -0.15) is 0 Å². The Morgan fingerprint density at radius 3 is 2.52 bits per heavy atom. The van der Waals surface area contributed by atoms with Crippen LogP contribution in [-0.4, -0.2) is 114 Å². The van der Waals surface area contributed by atoms with Gasteiger partial charge in [0, 0.05) is 23.1 Å². The lowest BCUT2D eigenvalue weighted by molar-refractivity contribution is -0.885. The molecule has 2 unspecified atom stereocenters. The summed E-state index contributed by atoms with van der Waals surface area (Å²) >= 11 is 2.32. The predicted octanol–water partition coefficient (Wildman–Crippen LogP) is 0.778. The molecule has 2 aliphatic heterocycles. The van der Waals surface area contributed by atoms with Crippen molar-refractivity contribution in [1.29, 1.82) is 0 Å². The topological polar surface area (TPSA) is 225 Å². The second-order valence-electron chi connectivity index (χ2n) is 11.4. The zero-order valence-electron chi connectivity index (χ0n) is 24.3. The minimum Gasteiger partial charge on any atom is -0.504 e. The highest BCUT2D eigenvalue weighted by Gasteiger charge is 2.55. The number of hydrogen-bond acceptors (Lipinski definition) is 12. The fourth-order valence-electron chi connectivity index (χ4n) is 4.57. The number of thioether (sulfide) groups is 1. The first-order valence-corrected chi connectivity index (χ1v) is 15.2. The van der Waals surface area contributed by atoms with E-state index in [4.69, 9.17) is 10.6 Å². The molecule has 0 saturated carbocycles. The van der Waals surface area contributed by atoms with Crippen molar-refractivity contribution in [1.82, 2.24) is 15.2 Å². The van der Waals surface area contributed by atoms with E-state index in [0.29, 0.717) is 35.3 Å². The summed E-state index contributed by atoms with van der Waals surface area (Å²) in [7, 11) is 3.84. The number of anilines is 1. The Balaban J connectivity index is 1.49. The number of β-lactam (4-membered cyclic amide) rings is 1. The molecule has 2 aromatic rings. The molecule has 4 rings (SSSR count). The Hall–Kier alpha value is -4.35. The monoisotopic (exact) mass is 649 g/mol. The number of phenolic OH excluding ortho intramolecular Hbond substituents is 2. The molecule has 0 aliphatic carbocycles. The molecule has 2 aliphatic rings. The molecule has 0 bridgehead atoms. The third-order valence-corrected chi connectivity index (χ3v) is 9.07. The quantitative estimate of drug-likeness (QED) is 0.0617. The van der Waals surface area contributed by atoms with Crippen LogP contribution in [0, 0.1) is 0 Å². The molecule has 2 amide bonds. The normalized spacial score (nSPS) is 18.9. The molecule has 236 valence electrons. The molecular weight excluding hydrogens is 616 g/mol. The third-order valence-electron chi connectivity index (χ3n) is 7.06. The Kier molecular flexibility index (Phi) is 9.13. The number of carbonyl (C=O) groups is 4. The van der Waals surface area contributed by atoms with Crippen molar-refractivity contribution in [3.63, 3.8) is 0 Å². The number of fused-ring (bicyclic) bond motifs is 1. The first-order chi connectivity index (χ1) is 20.5. The number of nitrogen functional groups attached to an aromatic ring is 1. The smallest absolute Gasteiger partial charge is 0.352 e. The van der Waals surface area contributed by atoms with Crippen molar-refractivity contribution < 1.29 is 48.9 Å². The number of phenols is 2. The van der Waals surface area contributed by atoms with Crippen molar-refractivity contribution in [3.8, 4) is 11.5 Å². The van der Waals surface area contributed by atoms with Gasteiger partial charge in [-0.15, -0.1) is 23.1 Å². The van der Waals surface area contributed by atoms with Gasteiger partial charge >= 0.3 is 11.9 Å². The van der Waals surface area contributed by atoms with Gasteiger partial charge in [-0.05, 0) is 31.5 Å². The van der Waals surface area contributed by atoms with Crippen LogP contribution < -0.4 is 11.1 Å². The lowest BCUT2D eigenvalue weighted by Crippen LogP contribution is -2.71. The van der Waals surface area contributed by atoms with Gasteiger partial charge in [-0.25, -0.2) is 14.6 Å². The fraction of sp³-hybridized carbons (Fsp3) is 0.407. The van der Waals surface area contributed by atoms with Gasteiger partial charge in [0.25, 0.3) is 11.8 Å². The number of carboxylic acid groups (broad SMARTS) is 2. The Morgan fingerprint density at radius 2 is 1.93 bits per heavy atom. The van der Waals surface area contributed by atoms with Gasteiger partial charge in [0.15, 0.2) is 22.3 Å². The minimum atomic E-state index is -1.77. The molecule has 17 heteroatoms. The van der Waals surface area contributed by atoms with Gasteiger partial charge in [0.2, 0.25) is 5.60 Å². The molecule has 7 N–H and O–H groups in total. The molecule has 15 nitrogen and oxygen atoms in total. The first-order valence-electron chi connectivity index (χ1n) is 13.3. The molecule has 44 heavy (non-hydrogen) atoms. The van der Waals surface area contributed by atoms with Crippen LogP contribution in [0.1, 0.15) is 25.1 Å². The summed E-state index contributed by atoms with van der Waals surface area (Å²) in [5.74, 6) is -4.23. The average molecular weight is 650 g/mol. The number of nitrogens with one attached hydrogen (secondary N) is 1. The van der Waals surface area contributed by atoms with E-state index in [2.05, 4.69) is 15.5 Å². The molecule has 3 heterocycles. The predicted molar refractivity (Wildman–Crippen MR) is 161 cm³/mol. The summed E-state index contributed by atoms with van der Waals surface area (Å²) in [4.78, 5) is 60.7. The molecule has 1 aromatic carbocycles. The fourth-order valence-corrected chi connectivity index (χ4v) is 6.45. The summed E-state index contributed by atoms with van der Waals surface area (Å²) in [5, 5.41) is 45.9. The van der Waals surface area contributed by atoms with Crippen LogP contribution in [0.3, 0.4) is 0 Å². The number of amides is 2. The Morgan fingerprint density at radius 1 is 1.23 bits per heavy atom.